The minimum absolute atomic E-state index is 0. The van der Waals surface area contributed by atoms with Crippen molar-refractivity contribution >= 4 is 78.9 Å². The second-order valence-corrected chi connectivity index (χ2v) is 150. The average molecular weight is 648 g/mol. The fourth-order valence-corrected chi connectivity index (χ4v) is 871. The van der Waals surface area contributed by atoms with Gasteiger partial charge in [-0.15, -0.1) is 19.9 Å². The topological polar surface area (TPSA) is 0 Å². The summed E-state index contributed by atoms with van der Waals surface area (Å²) >= 11 is 0. The standard InChI is InChI=1S/C21H63Si11.Na/c1-23(2,3)22-30(24(4,5)6,25(7,8)9)32(28(16,17)18,29(19,20)21)31(22,26(10,11)12)27(13,14)15;/h1-21H3;/q-1;+1. The van der Waals surface area contributed by atoms with Crippen molar-refractivity contribution in [3.05, 3.63) is 0 Å². The minimum atomic E-state index is -1.34. The van der Waals surface area contributed by atoms with Crippen LogP contribution >= 0.6 is 0 Å². The summed E-state index contributed by atoms with van der Waals surface area (Å²) < 4.78 is 0. The first-order valence-corrected chi connectivity index (χ1v) is 56.2. The molecule has 0 spiro atoms. The maximum atomic E-state index is 3.00. The Kier molecular flexibility index (Phi) is 10.5. The summed E-state index contributed by atoms with van der Waals surface area (Å²) in [6, 6.07) is 0. The van der Waals surface area contributed by atoms with E-state index in [1.807, 2.05) is 0 Å². The van der Waals surface area contributed by atoms with Crippen LogP contribution in [0, 0.1) is 0 Å². The third-order valence-corrected chi connectivity index (χ3v) is 354. The van der Waals surface area contributed by atoms with Crippen molar-refractivity contribution in [1.82, 2.24) is 0 Å². The SMILES string of the molecule is C[Si](C)(C)[Si-]1[Si]([Si](C)(C)C)([Si](C)(C)C)[Si]([Si](C)(C)C)([Si](C)(C)C)[Si]1([Si](C)(C)C)[Si](C)(C)C.[Na+]. The van der Waals surface area contributed by atoms with Crippen molar-refractivity contribution in [2.75, 3.05) is 0 Å². The van der Waals surface area contributed by atoms with Gasteiger partial charge in [-0.2, -0.15) is 0 Å². The van der Waals surface area contributed by atoms with Crippen LogP contribution < -0.4 is 29.6 Å². The van der Waals surface area contributed by atoms with Gasteiger partial charge in [-0.1, -0.05) is 137 Å². The third-order valence-electron chi connectivity index (χ3n) is 9.38. The fourth-order valence-electron chi connectivity index (χ4n) is 11.4. The van der Waals surface area contributed by atoms with Crippen LogP contribution in [-0.4, -0.2) is 78.9 Å². The van der Waals surface area contributed by atoms with Gasteiger partial charge < -0.3 is 0 Å². The van der Waals surface area contributed by atoms with Crippen LogP contribution in [-0.2, 0) is 0 Å². The Labute approximate surface area is 243 Å². The third kappa shape index (κ3) is 4.52. The average Bonchev–Trinajstić information content (AvgIpc) is 2.23. The molecule has 1 aliphatic rings. The predicted octanol–water partition coefficient (Wildman–Crippen LogP) is 5.08. The summed E-state index contributed by atoms with van der Waals surface area (Å²) in [5.74, 6) is 0. The molecule has 0 aromatic heterocycles. The largest absolute Gasteiger partial charge is 1.00 e. The van der Waals surface area contributed by atoms with Crippen molar-refractivity contribution in [2.24, 2.45) is 0 Å². The molecular weight excluding hydrogens is 584 g/mol. The van der Waals surface area contributed by atoms with E-state index in [9.17, 15) is 0 Å². The zero-order valence-electron chi connectivity index (χ0n) is 27.5. The predicted molar refractivity (Wildman–Crippen MR) is 186 cm³/mol. The van der Waals surface area contributed by atoms with E-state index in [-0.39, 0.29) is 36.9 Å². The van der Waals surface area contributed by atoms with Gasteiger partial charge in [0.2, 0.25) is 0 Å². The van der Waals surface area contributed by atoms with E-state index < -0.39 is 71.6 Å². The van der Waals surface area contributed by atoms with Crippen molar-refractivity contribution in [3.63, 3.8) is 0 Å². The van der Waals surface area contributed by atoms with E-state index in [1.54, 1.807) is 0 Å². The van der Waals surface area contributed by atoms with Gasteiger partial charge in [-0.25, -0.2) is 0 Å². The number of hydrogen-bond acceptors (Lipinski definition) is 0. The monoisotopic (exact) mass is 646 g/mol. The summed E-state index contributed by atoms with van der Waals surface area (Å²) in [4.78, 5) is 0. The van der Waals surface area contributed by atoms with E-state index in [0.717, 1.165) is 0 Å². The molecule has 0 atom stereocenters. The molecule has 0 N–H and O–H groups in total. The molecule has 1 saturated heterocycles. The molecule has 12 heteroatoms. The summed E-state index contributed by atoms with van der Waals surface area (Å²) in [6.07, 6.45) is -3.90. The molecule has 0 amide bonds. The minimum Gasteiger partial charge on any atom is -0.265 e. The molecule has 1 heterocycles. The van der Waals surface area contributed by atoms with Gasteiger partial charge in [0.25, 0.3) is 0 Å². The molecule has 0 aromatic rings. The van der Waals surface area contributed by atoms with Gasteiger partial charge in [-0.05, 0) is 36.5 Å². The van der Waals surface area contributed by atoms with Crippen LogP contribution in [0.3, 0.4) is 0 Å². The smallest absolute Gasteiger partial charge is 0.265 e. The molecule has 0 aromatic carbocycles. The molecule has 192 valence electrons. The first kappa shape index (κ1) is 36.4. The number of hydrogen-bond donors (Lipinski definition) is 0. The maximum absolute atomic E-state index is 3.00. The van der Waals surface area contributed by atoms with Crippen molar-refractivity contribution in [1.29, 1.82) is 0 Å². The van der Waals surface area contributed by atoms with E-state index in [1.165, 1.54) is 0 Å². The molecule has 0 radical (unpaired) electrons. The molecule has 0 unspecified atom stereocenters. The first-order chi connectivity index (χ1) is 13.4. The van der Waals surface area contributed by atoms with Gasteiger partial charge in [0.05, 0.1) is 0 Å². The molecule has 1 rings (SSSR count). The van der Waals surface area contributed by atoms with Gasteiger partial charge in [0.1, 0.15) is 0 Å². The maximum Gasteiger partial charge on any atom is 1.00 e. The van der Waals surface area contributed by atoms with Gasteiger partial charge in [-0.3, -0.25) is 7.35 Å². The van der Waals surface area contributed by atoms with E-state index >= 15 is 0 Å². The van der Waals surface area contributed by atoms with Gasteiger partial charge in [0, 0.05) is 15.2 Å². The second-order valence-electron chi connectivity index (χ2n) is 18.4. The Hall–Kier alpha value is 3.39. The second kappa shape index (κ2) is 9.49. The zero-order chi connectivity index (χ0) is 26.6. The Morgan fingerprint density at radius 3 is 0.606 bits per heavy atom. The van der Waals surface area contributed by atoms with Gasteiger partial charge >= 0.3 is 29.6 Å². The summed E-state index contributed by atoms with van der Waals surface area (Å²) in [5.41, 5.74) is 0. The van der Waals surface area contributed by atoms with E-state index in [0.29, 0.717) is 0 Å². The Bertz CT molecular complexity index is 633. The Morgan fingerprint density at radius 2 is 0.515 bits per heavy atom. The van der Waals surface area contributed by atoms with E-state index in [2.05, 4.69) is 137 Å². The van der Waals surface area contributed by atoms with Crippen LogP contribution in [0.5, 0.6) is 0 Å². The summed E-state index contributed by atoms with van der Waals surface area (Å²) in [5, 5.41) is 0. The van der Waals surface area contributed by atoms with Crippen LogP contribution in [0.4, 0.5) is 0 Å². The molecule has 0 saturated carbocycles. The van der Waals surface area contributed by atoms with Crippen LogP contribution in [0.1, 0.15) is 0 Å². The summed E-state index contributed by atoms with van der Waals surface area (Å²) in [7, 11) is -8.88. The Balaban J connectivity index is 0.0000102. The Morgan fingerprint density at radius 1 is 0.333 bits per heavy atom. The summed E-state index contributed by atoms with van der Waals surface area (Å²) in [6.45, 7) is 62.7. The zero-order valence-corrected chi connectivity index (χ0v) is 40.5. The molecule has 0 nitrogen and oxygen atoms in total. The quantitative estimate of drug-likeness (QED) is 0.339. The molecular formula is C21H63NaSi11. The fraction of sp³-hybridized carbons (Fsp3) is 1.00. The van der Waals surface area contributed by atoms with Crippen molar-refractivity contribution in [3.8, 4) is 0 Å². The molecule has 0 aliphatic carbocycles. The van der Waals surface area contributed by atoms with Crippen molar-refractivity contribution < 1.29 is 29.6 Å². The molecule has 0 bridgehead atoms. The molecule has 1 aliphatic heterocycles. The van der Waals surface area contributed by atoms with Crippen molar-refractivity contribution in [2.45, 2.75) is 137 Å². The van der Waals surface area contributed by atoms with E-state index in [4.69, 9.17) is 0 Å². The van der Waals surface area contributed by atoms with Crippen LogP contribution in [0.2, 0.25) is 137 Å². The van der Waals surface area contributed by atoms with Gasteiger partial charge in [0.15, 0.2) is 0 Å². The first-order valence-electron chi connectivity index (χ1n) is 13.2. The van der Waals surface area contributed by atoms with Crippen LogP contribution in [0.15, 0.2) is 0 Å². The molecule has 1 fully saturated rings. The normalized spacial score (nSPS) is 22.5. The number of rotatable bonds is 7. The van der Waals surface area contributed by atoms with Crippen LogP contribution in [0.25, 0.3) is 0 Å². The molecule has 33 heavy (non-hydrogen) atoms.